The lowest BCUT2D eigenvalue weighted by Crippen LogP contribution is -2.43. The molecule has 4 nitrogen and oxygen atoms in total. The van der Waals surface area contributed by atoms with Gasteiger partial charge in [0.05, 0.1) is 12.7 Å². The predicted octanol–water partition coefficient (Wildman–Crippen LogP) is 3.66. The summed E-state index contributed by atoms with van der Waals surface area (Å²) in [4.78, 5) is 19.3. The zero-order valence-electron chi connectivity index (χ0n) is 13.6. The van der Waals surface area contributed by atoms with E-state index in [1.165, 1.54) is 19.3 Å². The molecule has 0 aromatic carbocycles. The number of carbonyl (C=O) groups is 1. The lowest BCUT2D eigenvalue weighted by atomic mass is 9.83. The van der Waals surface area contributed by atoms with E-state index in [2.05, 4.69) is 16.8 Å². The van der Waals surface area contributed by atoms with Crippen LogP contribution in [0.3, 0.4) is 0 Å². The van der Waals surface area contributed by atoms with Gasteiger partial charge in [-0.2, -0.15) is 0 Å². The molecule has 0 unspecified atom stereocenters. The van der Waals surface area contributed by atoms with E-state index in [0.29, 0.717) is 23.5 Å². The van der Waals surface area contributed by atoms with Gasteiger partial charge in [0.1, 0.15) is 0 Å². The third-order valence-corrected chi connectivity index (χ3v) is 5.15. The van der Waals surface area contributed by atoms with Crippen LogP contribution in [0.5, 0.6) is 5.88 Å². The van der Waals surface area contributed by atoms with Crippen molar-refractivity contribution in [3.05, 3.63) is 23.9 Å². The first-order valence-electron chi connectivity index (χ1n) is 8.55. The fourth-order valence-electron chi connectivity index (χ4n) is 3.59. The maximum atomic E-state index is 12.9. The molecule has 2 aliphatic carbocycles. The first kappa shape index (κ1) is 15.3. The molecule has 0 bridgehead atoms. The second kappa shape index (κ2) is 6.67. The SMILES string of the molecule is CCC1CCC(N(C(=O)c2ccc(OC)nc2)C2CC2)CC1. The number of amides is 1. The molecule has 1 aromatic rings. The molecule has 0 N–H and O–H groups in total. The fraction of sp³-hybridized carbons (Fsp3) is 0.667. The van der Waals surface area contributed by atoms with Gasteiger partial charge in [-0.15, -0.1) is 0 Å². The van der Waals surface area contributed by atoms with Gasteiger partial charge < -0.3 is 9.64 Å². The van der Waals surface area contributed by atoms with Gasteiger partial charge in [-0.1, -0.05) is 13.3 Å². The Morgan fingerprint density at radius 1 is 1.18 bits per heavy atom. The largest absolute Gasteiger partial charge is 0.481 e. The number of ether oxygens (including phenoxy) is 1. The summed E-state index contributed by atoms with van der Waals surface area (Å²) in [6, 6.07) is 4.48. The Hall–Kier alpha value is -1.58. The minimum atomic E-state index is 0.151. The number of nitrogens with zero attached hydrogens (tertiary/aromatic N) is 2. The molecule has 120 valence electrons. The van der Waals surface area contributed by atoms with Crippen LogP contribution < -0.4 is 4.74 Å². The van der Waals surface area contributed by atoms with E-state index < -0.39 is 0 Å². The molecule has 1 aromatic heterocycles. The molecular formula is C18H26N2O2. The van der Waals surface area contributed by atoms with Crippen molar-refractivity contribution in [2.24, 2.45) is 5.92 Å². The number of aromatic nitrogens is 1. The summed E-state index contributed by atoms with van der Waals surface area (Å²) < 4.78 is 5.07. The first-order chi connectivity index (χ1) is 10.7. The van der Waals surface area contributed by atoms with Crippen LogP contribution in [-0.4, -0.2) is 35.0 Å². The predicted molar refractivity (Wildman–Crippen MR) is 86.0 cm³/mol. The summed E-state index contributed by atoms with van der Waals surface area (Å²) in [7, 11) is 1.59. The summed E-state index contributed by atoms with van der Waals surface area (Å²) in [5.41, 5.74) is 0.685. The van der Waals surface area contributed by atoms with Gasteiger partial charge in [0.2, 0.25) is 5.88 Å². The topological polar surface area (TPSA) is 42.4 Å². The Labute approximate surface area is 132 Å². The summed E-state index contributed by atoms with van der Waals surface area (Å²) in [6.45, 7) is 2.28. The van der Waals surface area contributed by atoms with Gasteiger partial charge in [-0.05, 0) is 50.5 Å². The average molecular weight is 302 g/mol. The smallest absolute Gasteiger partial charge is 0.255 e. The number of pyridine rings is 1. The molecule has 3 rings (SSSR count). The third kappa shape index (κ3) is 3.26. The number of hydrogen-bond donors (Lipinski definition) is 0. The summed E-state index contributed by atoms with van der Waals surface area (Å²) >= 11 is 0. The highest BCUT2D eigenvalue weighted by molar-refractivity contribution is 5.94. The summed E-state index contributed by atoms with van der Waals surface area (Å²) in [5, 5.41) is 0. The highest BCUT2D eigenvalue weighted by Gasteiger charge is 2.39. The van der Waals surface area contributed by atoms with Crippen molar-refractivity contribution in [1.29, 1.82) is 0 Å². The van der Waals surface area contributed by atoms with Crippen molar-refractivity contribution in [3.8, 4) is 5.88 Å². The Morgan fingerprint density at radius 3 is 2.27 bits per heavy atom. The van der Waals surface area contributed by atoms with Gasteiger partial charge in [-0.25, -0.2) is 4.98 Å². The minimum absolute atomic E-state index is 0.151. The van der Waals surface area contributed by atoms with Crippen molar-refractivity contribution >= 4 is 5.91 Å². The van der Waals surface area contributed by atoms with E-state index in [0.717, 1.165) is 31.6 Å². The first-order valence-corrected chi connectivity index (χ1v) is 8.55. The molecule has 1 heterocycles. The Morgan fingerprint density at radius 2 is 1.82 bits per heavy atom. The lowest BCUT2D eigenvalue weighted by Gasteiger charge is -2.37. The number of hydrogen-bond acceptors (Lipinski definition) is 3. The van der Waals surface area contributed by atoms with Crippen molar-refractivity contribution < 1.29 is 9.53 Å². The summed E-state index contributed by atoms with van der Waals surface area (Å²) in [5.74, 6) is 1.56. The normalized spacial score (nSPS) is 24.8. The van der Waals surface area contributed by atoms with Gasteiger partial charge in [-0.3, -0.25) is 4.79 Å². The molecule has 2 saturated carbocycles. The van der Waals surface area contributed by atoms with Crippen molar-refractivity contribution in [2.45, 2.75) is 64.0 Å². The molecule has 0 saturated heterocycles. The third-order valence-electron chi connectivity index (χ3n) is 5.15. The molecule has 4 heteroatoms. The zero-order chi connectivity index (χ0) is 15.5. The molecular weight excluding hydrogens is 276 g/mol. The Kier molecular flexibility index (Phi) is 4.65. The Bertz CT molecular complexity index is 502. The highest BCUT2D eigenvalue weighted by atomic mass is 16.5. The van der Waals surface area contributed by atoms with E-state index in [4.69, 9.17) is 4.74 Å². The molecule has 0 spiro atoms. The Balaban J connectivity index is 1.71. The van der Waals surface area contributed by atoms with Crippen LogP contribution in [0.1, 0.15) is 62.2 Å². The zero-order valence-corrected chi connectivity index (χ0v) is 13.6. The lowest BCUT2D eigenvalue weighted by molar-refractivity contribution is 0.0586. The maximum absolute atomic E-state index is 12.9. The molecule has 2 aliphatic rings. The molecule has 0 radical (unpaired) electrons. The fourth-order valence-corrected chi connectivity index (χ4v) is 3.59. The van der Waals surface area contributed by atoms with Crippen LogP contribution in [0.2, 0.25) is 0 Å². The van der Waals surface area contributed by atoms with Gasteiger partial charge >= 0.3 is 0 Å². The van der Waals surface area contributed by atoms with E-state index in [1.54, 1.807) is 19.4 Å². The molecule has 2 fully saturated rings. The van der Waals surface area contributed by atoms with Gasteiger partial charge in [0, 0.05) is 24.3 Å². The average Bonchev–Trinajstić information content (AvgIpc) is 3.40. The molecule has 0 atom stereocenters. The van der Waals surface area contributed by atoms with Gasteiger partial charge in [0.15, 0.2) is 0 Å². The maximum Gasteiger partial charge on any atom is 0.255 e. The van der Waals surface area contributed by atoms with Crippen LogP contribution >= 0.6 is 0 Å². The molecule has 1 amide bonds. The number of carbonyl (C=O) groups excluding carboxylic acids is 1. The highest BCUT2D eigenvalue weighted by Crippen LogP contribution is 2.37. The monoisotopic (exact) mass is 302 g/mol. The van der Waals surface area contributed by atoms with E-state index in [-0.39, 0.29) is 5.91 Å². The quantitative estimate of drug-likeness (QED) is 0.833. The van der Waals surface area contributed by atoms with Crippen molar-refractivity contribution in [3.63, 3.8) is 0 Å². The molecule has 22 heavy (non-hydrogen) atoms. The minimum Gasteiger partial charge on any atom is -0.481 e. The standard InChI is InChI=1S/C18H26N2O2/c1-3-13-4-7-15(8-5-13)20(16-9-10-16)18(21)14-6-11-17(22-2)19-12-14/h6,11-13,15-16H,3-5,7-10H2,1-2H3. The molecule has 0 aliphatic heterocycles. The van der Waals surface area contributed by atoms with Gasteiger partial charge in [0.25, 0.3) is 5.91 Å². The van der Waals surface area contributed by atoms with Crippen LogP contribution in [0.25, 0.3) is 0 Å². The van der Waals surface area contributed by atoms with Crippen LogP contribution in [-0.2, 0) is 0 Å². The van der Waals surface area contributed by atoms with Crippen LogP contribution in [0.4, 0.5) is 0 Å². The second-order valence-corrected chi connectivity index (χ2v) is 6.62. The van der Waals surface area contributed by atoms with E-state index in [9.17, 15) is 4.79 Å². The number of methoxy groups -OCH3 is 1. The van der Waals surface area contributed by atoms with Crippen molar-refractivity contribution in [1.82, 2.24) is 9.88 Å². The number of rotatable bonds is 5. The van der Waals surface area contributed by atoms with Crippen molar-refractivity contribution in [2.75, 3.05) is 7.11 Å². The van der Waals surface area contributed by atoms with Crippen LogP contribution in [0.15, 0.2) is 18.3 Å². The second-order valence-electron chi connectivity index (χ2n) is 6.62. The van der Waals surface area contributed by atoms with E-state index in [1.807, 2.05) is 6.07 Å². The van der Waals surface area contributed by atoms with E-state index >= 15 is 0 Å². The summed E-state index contributed by atoms with van der Waals surface area (Å²) in [6.07, 6.45) is 10.1. The van der Waals surface area contributed by atoms with Crippen LogP contribution in [0, 0.1) is 5.92 Å².